The zero-order valence-corrected chi connectivity index (χ0v) is 15.5. The molecule has 0 aliphatic carbocycles. The average molecular weight is 361 g/mol. The maximum Gasteiger partial charge on any atom is 0.232 e. The van der Waals surface area contributed by atoms with Gasteiger partial charge in [-0.2, -0.15) is 0 Å². The monoisotopic (exact) mass is 361 g/mol. The summed E-state index contributed by atoms with van der Waals surface area (Å²) in [6.07, 6.45) is 3.56. The van der Waals surface area contributed by atoms with Crippen LogP contribution < -0.4 is 0 Å². The maximum absolute atomic E-state index is 13.1. The summed E-state index contributed by atoms with van der Waals surface area (Å²) in [5.41, 5.74) is 2.05. The first-order valence-corrected chi connectivity index (χ1v) is 9.33. The highest BCUT2D eigenvalue weighted by molar-refractivity contribution is 7.99. The summed E-state index contributed by atoms with van der Waals surface area (Å²) in [5, 5.41) is 0. The Morgan fingerprint density at radius 3 is 2.52 bits per heavy atom. The highest BCUT2D eigenvalue weighted by atomic mass is 32.2. The van der Waals surface area contributed by atoms with Crippen LogP contribution in [-0.4, -0.2) is 53.6 Å². The summed E-state index contributed by atoms with van der Waals surface area (Å²) in [6, 6.07) is 10.2. The van der Waals surface area contributed by atoms with Crippen LogP contribution >= 0.6 is 11.8 Å². The number of rotatable bonds is 9. The van der Waals surface area contributed by atoms with Gasteiger partial charge in [-0.25, -0.2) is 4.39 Å². The molecule has 0 fully saturated rings. The molecule has 0 aliphatic heterocycles. The number of nitrogens with zero attached hydrogens (tertiary/aromatic N) is 3. The number of thioether (sulfide) groups is 1. The van der Waals surface area contributed by atoms with E-state index in [1.165, 1.54) is 12.1 Å². The van der Waals surface area contributed by atoms with E-state index in [2.05, 4.69) is 4.98 Å². The van der Waals surface area contributed by atoms with Gasteiger partial charge >= 0.3 is 0 Å². The lowest BCUT2D eigenvalue weighted by molar-refractivity contribution is -0.129. The first-order valence-electron chi connectivity index (χ1n) is 8.18. The first-order chi connectivity index (χ1) is 12.0. The SMILES string of the molecule is CN(C)CCN(Cc1ccc(F)cc1)C(=O)CSCc1cccnc1. The molecule has 2 aromatic rings. The summed E-state index contributed by atoms with van der Waals surface area (Å²) >= 11 is 1.59. The summed E-state index contributed by atoms with van der Waals surface area (Å²) in [6.45, 7) is 1.94. The van der Waals surface area contributed by atoms with Crippen molar-refractivity contribution in [2.24, 2.45) is 0 Å². The van der Waals surface area contributed by atoms with Gasteiger partial charge in [-0.05, 0) is 43.4 Å². The number of hydrogen-bond acceptors (Lipinski definition) is 4. The molecule has 25 heavy (non-hydrogen) atoms. The van der Waals surface area contributed by atoms with Gasteiger partial charge < -0.3 is 9.80 Å². The molecule has 1 amide bonds. The van der Waals surface area contributed by atoms with E-state index in [1.54, 1.807) is 30.1 Å². The summed E-state index contributed by atoms with van der Waals surface area (Å²) < 4.78 is 13.1. The number of amides is 1. The minimum Gasteiger partial charge on any atom is -0.336 e. The van der Waals surface area contributed by atoms with Gasteiger partial charge in [0.05, 0.1) is 5.75 Å². The van der Waals surface area contributed by atoms with Crippen molar-refractivity contribution >= 4 is 17.7 Å². The Hall–Kier alpha value is -1.92. The fourth-order valence-electron chi connectivity index (χ4n) is 2.25. The molecule has 2 rings (SSSR count). The molecule has 0 saturated heterocycles. The van der Waals surface area contributed by atoms with E-state index in [0.717, 1.165) is 23.4 Å². The van der Waals surface area contributed by atoms with Crippen LogP contribution in [0, 0.1) is 5.82 Å². The predicted octanol–water partition coefficient (Wildman–Crippen LogP) is 3.04. The molecule has 1 aromatic heterocycles. The summed E-state index contributed by atoms with van der Waals surface area (Å²) in [7, 11) is 3.97. The molecule has 1 heterocycles. The zero-order chi connectivity index (χ0) is 18.1. The normalized spacial score (nSPS) is 10.9. The van der Waals surface area contributed by atoms with Gasteiger partial charge in [0.2, 0.25) is 5.91 Å². The van der Waals surface area contributed by atoms with Crippen LogP contribution in [0.1, 0.15) is 11.1 Å². The molecule has 0 N–H and O–H groups in total. The lowest BCUT2D eigenvalue weighted by atomic mass is 10.2. The van der Waals surface area contributed by atoms with Crippen molar-refractivity contribution in [3.05, 3.63) is 65.7 Å². The molecule has 0 saturated carbocycles. The number of halogens is 1. The molecule has 0 radical (unpaired) electrons. The van der Waals surface area contributed by atoms with Gasteiger partial charge in [0.15, 0.2) is 0 Å². The Morgan fingerprint density at radius 1 is 1.12 bits per heavy atom. The molecule has 6 heteroatoms. The van der Waals surface area contributed by atoms with Crippen LogP contribution in [0.4, 0.5) is 4.39 Å². The maximum atomic E-state index is 13.1. The average Bonchev–Trinajstić information content (AvgIpc) is 2.61. The Balaban J connectivity index is 1.90. The van der Waals surface area contributed by atoms with Gasteiger partial charge in [0, 0.05) is 37.8 Å². The number of aromatic nitrogens is 1. The highest BCUT2D eigenvalue weighted by Gasteiger charge is 2.14. The topological polar surface area (TPSA) is 36.4 Å². The van der Waals surface area contributed by atoms with Crippen molar-refractivity contribution in [1.82, 2.24) is 14.8 Å². The molecule has 4 nitrogen and oxygen atoms in total. The minimum absolute atomic E-state index is 0.0973. The third-order valence-corrected chi connectivity index (χ3v) is 4.66. The van der Waals surface area contributed by atoms with Gasteiger partial charge in [-0.15, -0.1) is 11.8 Å². The van der Waals surface area contributed by atoms with E-state index in [-0.39, 0.29) is 11.7 Å². The zero-order valence-electron chi connectivity index (χ0n) is 14.7. The van der Waals surface area contributed by atoms with Crippen molar-refractivity contribution in [3.8, 4) is 0 Å². The van der Waals surface area contributed by atoms with Crippen LogP contribution in [0.15, 0.2) is 48.8 Å². The number of hydrogen-bond donors (Lipinski definition) is 0. The van der Waals surface area contributed by atoms with Gasteiger partial charge in [-0.3, -0.25) is 9.78 Å². The molecule has 134 valence electrons. The van der Waals surface area contributed by atoms with Gasteiger partial charge in [-0.1, -0.05) is 18.2 Å². The van der Waals surface area contributed by atoms with Crippen LogP contribution in [0.3, 0.4) is 0 Å². The Kier molecular flexibility index (Phi) is 7.88. The number of likely N-dealkylation sites (N-methyl/N-ethyl adjacent to an activating group) is 1. The van der Waals surface area contributed by atoms with E-state index in [1.807, 2.05) is 42.2 Å². The lowest BCUT2D eigenvalue weighted by Crippen LogP contribution is -2.37. The standard InChI is InChI=1S/C19H24FN3OS/c1-22(2)10-11-23(13-16-5-7-18(20)8-6-16)19(24)15-25-14-17-4-3-9-21-12-17/h3-9,12H,10-11,13-15H2,1-2H3. The molecule has 0 bridgehead atoms. The fraction of sp³-hybridized carbons (Fsp3) is 0.368. The van der Waals surface area contributed by atoms with Crippen molar-refractivity contribution in [2.45, 2.75) is 12.3 Å². The predicted molar refractivity (Wildman–Crippen MR) is 101 cm³/mol. The van der Waals surface area contributed by atoms with Crippen molar-refractivity contribution in [2.75, 3.05) is 32.9 Å². The third-order valence-electron chi connectivity index (χ3n) is 3.67. The number of pyridine rings is 1. The molecular formula is C19H24FN3OS. The Morgan fingerprint density at radius 2 is 1.88 bits per heavy atom. The molecule has 1 aromatic carbocycles. The van der Waals surface area contributed by atoms with Crippen molar-refractivity contribution < 1.29 is 9.18 Å². The van der Waals surface area contributed by atoms with Gasteiger partial charge in [0.1, 0.15) is 5.82 Å². The second kappa shape index (κ2) is 10.2. The van der Waals surface area contributed by atoms with Crippen LogP contribution in [-0.2, 0) is 17.1 Å². The molecular weight excluding hydrogens is 337 g/mol. The highest BCUT2D eigenvalue weighted by Crippen LogP contribution is 2.13. The molecule has 0 unspecified atom stereocenters. The van der Waals surface area contributed by atoms with Crippen molar-refractivity contribution in [1.29, 1.82) is 0 Å². The second-order valence-corrected chi connectivity index (χ2v) is 7.08. The molecule has 0 spiro atoms. The summed E-state index contributed by atoms with van der Waals surface area (Å²) in [4.78, 5) is 20.6. The van der Waals surface area contributed by atoms with E-state index in [4.69, 9.17) is 0 Å². The van der Waals surface area contributed by atoms with E-state index >= 15 is 0 Å². The largest absolute Gasteiger partial charge is 0.336 e. The first kappa shape index (κ1) is 19.4. The second-order valence-electron chi connectivity index (χ2n) is 6.10. The fourth-order valence-corrected chi connectivity index (χ4v) is 3.12. The number of carbonyl (C=O) groups is 1. The van der Waals surface area contributed by atoms with Gasteiger partial charge in [0.25, 0.3) is 0 Å². The van der Waals surface area contributed by atoms with Crippen molar-refractivity contribution in [3.63, 3.8) is 0 Å². The number of benzene rings is 1. The number of carbonyl (C=O) groups excluding carboxylic acids is 1. The van der Waals surface area contributed by atoms with E-state index in [9.17, 15) is 9.18 Å². The molecule has 0 aliphatic rings. The minimum atomic E-state index is -0.262. The quantitative estimate of drug-likeness (QED) is 0.688. The molecule has 0 atom stereocenters. The van der Waals surface area contributed by atoms with Crippen LogP contribution in [0.2, 0.25) is 0 Å². The van der Waals surface area contributed by atoms with E-state index in [0.29, 0.717) is 18.8 Å². The third kappa shape index (κ3) is 7.23. The summed E-state index contributed by atoms with van der Waals surface area (Å²) in [5.74, 6) is 1.02. The van der Waals surface area contributed by atoms with E-state index < -0.39 is 0 Å². The lowest BCUT2D eigenvalue weighted by Gasteiger charge is -2.24. The Bertz CT molecular complexity index is 649. The van der Waals surface area contributed by atoms with Crippen LogP contribution in [0.25, 0.3) is 0 Å². The van der Waals surface area contributed by atoms with Crippen LogP contribution in [0.5, 0.6) is 0 Å². The smallest absolute Gasteiger partial charge is 0.232 e. The Labute approximate surface area is 153 Å².